The van der Waals surface area contributed by atoms with Crippen LogP contribution in [0.15, 0.2) is 73.3 Å². The van der Waals surface area contributed by atoms with E-state index in [0.29, 0.717) is 6.61 Å². The van der Waals surface area contributed by atoms with Crippen LogP contribution in [0.3, 0.4) is 0 Å². The van der Waals surface area contributed by atoms with Gasteiger partial charge >= 0.3 is 5.97 Å². The van der Waals surface area contributed by atoms with Gasteiger partial charge in [-0.15, -0.1) is 0 Å². The topological polar surface area (TPSA) is 26.3 Å². The van der Waals surface area contributed by atoms with Crippen LogP contribution in [0, 0.1) is 0 Å². The van der Waals surface area contributed by atoms with Crippen LogP contribution in [0.2, 0.25) is 0 Å². The van der Waals surface area contributed by atoms with Crippen molar-refractivity contribution >= 4 is 5.97 Å². The van der Waals surface area contributed by atoms with E-state index in [2.05, 4.69) is 6.58 Å². The van der Waals surface area contributed by atoms with Crippen molar-refractivity contribution in [2.45, 2.75) is 5.92 Å². The summed E-state index contributed by atoms with van der Waals surface area (Å²) in [5, 5.41) is 0. The molecule has 0 radical (unpaired) electrons. The number of hydrogen-bond acceptors (Lipinski definition) is 2. The van der Waals surface area contributed by atoms with Crippen molar-refractivity contribution in [1.29, 1.82) is 0 Å². The van der Waals surface area contributed by atoms with E-state index < -0.39 is 5.97 Å². The van der Waals surface area contributed by atoms with Gasteiger partial charge in [0, 0.05) is 12.0 Å². The number of esters is 1. The molecule has 0 aliphatic rings. The van der Waals surface area contributed by atoms with Crippen molar-refractivity contribution in [3.8, 4) is 0 Å². The highest BCUT2D eigenvalue weighted by Crippen LogP contribution is 2.24. The fourth-order valence-corrected chi connectivity index (χ4v) is 1.98. The Hall–Kier alpha value is -2.35. The van der Waals surface area contributed by atoms with E-state index in [4.69, 9.17) is 4.74 Å². The molecule has 2 nitrogen and oxygen atoms in total. The normalized spacial score (nSPS) is 10.2. The van der Waals surface area contributed by atoms with Crippen LogP contribution in [0.5, 0.6) is 0 Å². The first kappa shape index (κ1) is 13.1. The molecule has 0 fully saturated rings. The molecule has 2 rings (SSSR count). The summed E-state index contributed by atoms with van der Waals surface area (Å²) < 4.78 is 5.21. The number of carbonyl (C=O) groups is 1. The highest BCUT2D eigenvalue weighted by atomic mass is 16.5. The standard InChI is InChI=1S/C17H16O2/c1-2-17(18)19-13-16(14-9-5-3-6-10-14)15-11-7-4-8-12-15/h2-12,16H,1,13H2. The Morgan fingerprint density at radius 2 is 1.47 bits per heavy atom. The van der Waals surface area contributed by atoms with Gasteiger partial charge in [-0.05, 0) is 11.1 Å². The number of ether oxygens (including phenoxy) is 1. The van der Waals surface area contributed by atoms with Gasteiger partial charge in [0.1, 0.15) is 6.61 Å². The second kappa shape index (κ2) is 6.55. The summed E-state index contributed by atoms with van der Waals surface area (Å²) in [6.45, 7) is 3.73. The van der Waals surface area contributed by atoms with Crippen molar-refractivity contribution in [1.82, 2.24) is 0 Å². The first-order valence-electron chi connectivity index (χ1n) is 6.20. The fourth-order valence-electron chi connectivity index (χ4n) is 1.98. The molecule has 0 unspecified atom stereocenters. The Morgan fingerprint density at radius 1 is 1.00 bits per heavy atom. The van der Waals surface area contributed by atoms with Gasteiger partial charge < -0.3 is 4.74 Å². The van der Waals surface area contributed by atoms with Gasteiger partial charge in [-0.2, -0.15) is 0 Å². The fraction of sp³-hybridized carbons (Fsp3) is 0.118. The lowest BCUT2D eigenvalue weighted by molar-refractivity contribution is -0.138. The molecular formula is C17H16O2. The van der Waals surface area contributed by atoms with E-state index in [0.717, 1.165) is 11.1 Å². The van der Waals surface area contributed by atoms with Gasteiger partial charge in [0.25, 0.3) is 0 Å². The predicted molar refractivity (Wildman–Crippen MR) is 75.9 cm³/mol. The maximum Gasteiger partial charge on any atom is 0.330 e. The zero-order valence-electron chi connectivity index (χ0n) is 10.7. The van der Waals surface area contributed by atoms with Crippen LogP contribution < -0.4 is 0 Å². The molecule has 0 aliphatic heterocycles. The van der Waals surface area contributed by atoms with Gasteiger partial charge in [-0.3, -0.25) is 0 Å². The number of rotatable bonds is 5. The van der Waals surface area contributed by atoms with Gasteiger partial charge in [0.05, 0.1) is 0 Å². The molecule has 0 bridgehead atoms. The van der Waals surface area contributed by atoms with Gasteiger partial charge in [0.2, 0.25) is 0 Å². The zero-order chi connectivity index (χ0) is 13.5. The number of benzene rings is 2. The third kappa shape index (κ3) is 3.55. The highest BCUT2D eigenvalue weighted by molar-refractivity contribution is 5.81. The molecule has 96 valence electrons. The first-order valence-corrected chi connectivity index (χ1v) is 6.20. The average Bonchev–Trinajstić information content (AvgIpc) is 2.49. The van der Waals surface area contributed by atoms with Crippen LogP contribution in [-0.4, -0.2) is 12.6 Å². The lowest BCUT2D eigenvalue weighted by atomic mass is 9.92. The van der Waals surface area contributed by atoms with Crippen LogP contribution >= 0.6 is 0 Å². The monoisotopic (exact) mass is 252 g/mol. The lowest BCUT2D eigenvalue weighted by Gasteiger charge is -2.17. The predicted octanol–water partition coefficient (Wildman–Crippen LogP) is 3.55. The number of carbonyl (C=O) groups excluding carboxylic acids is 1. The molecule has 19 heavy (non-hydrogen) atoms. The van der Waals surface area contributed by atoms with Crippen molar-refractivity contribution in [2.24, 2.45) is 0 Å². The molecule has 0 spiro atoms. The molecule has 0 atom stereocenters. The smallest absolute Gasteiger partial charge is 0.330 e. The lowest BCUT2D eigenvalue weighted by Crippen LogP contribution is -2.12. The summed E-state index contributed by atoms with van der Waals surface area (Å²) >= 11 is 0. The molecule has 2 aromatic carbocycles. The van der Waals surface area contributed by atoms with Gasteiger partial charge in [-0.25, -0.2) is 4.79 Å². The summed E-state index contributed by atoms with van der Waals surface area (Å²) in [6, 6.07) is 20.1. The van der Waals surface area contributed by atoms with E-state index in [-0.39, 0.29) is 5.92 Å². The summed E-state index contributed by atoms with van der Waals surface area (Å²) in [7, 11) is 0. The van der Waals surface area contributed by atoms with Crippen molar-refractivity contribution < 1.29 is 9.53 Å². The zero-order valence-corrected chi connectivity index (χ0v) is 10.7. The summed E-state index contributed by atoms with van der Waals surface area (Å²) in [6.07, 6.45) is 1.19. The minimum Gasteiger partial charge on any atom is -0.462 e. The molecule has 0 N–H and O–H groups in total. The van der Waals surface area contributed by atoms with Gasteiger partial charge in [-0.1, -0.05) is 67.2 Å². The van der Waals surface area contributed by atoms with Crippen molar-refractivity contribution in [2.75, 3.05) is 6.61 Å². The van der Waals surface area contributed by atoms with Crippen molar-refractivity contribution in [3.63, 3.8) is 0 Å². The molecule has 0 amide bonds. The Kier molecular flexibility index (Phi) is 4.51. The van der Waals surface area contributed by atoms with Crippen LogP contribution in [-0.2, 0) is 9.53 Å². The second-order valence-corrected chi connectivity index (χ2v) is 4.21. The molecule has 0 aliphatic carbocycles. The van der Waals surface area contributed by atoms with E-state index in [1.54, 1.807) is 0 Å². The minimum absolute atomic E-state index is 0.0475. The van der Waals surface area contributed by atoms with Crippen LogP contribution in [0.25, 0.3) is 0 Å². The number of hydrogen-bond donors (Lipinski definition) is 0. The van der Waals surface area contributed by atoms with Crippen molar-refractivity contribution in [3.05, 3.63) is 84.4 Å². The summed E-state index contributed by atoms with van der Waals surface area (Å²) in [5.74, 6) is -0.344. The largest absolute Gasteiger partial charge is 0.462 e. The Morgan fingerprint density at radius 3 is 1.89 bits per heavy atom. The Labute approximate surface area is 113 Å². The summed E-state index contributed by atoms with van der Waals surface area (Å²) in [5.41, 5.74) is 2.26. The third-order valence-corrected chi connectivity index (χ3v) is 2.96. The van der Waals surface area contributed by atoms with E-state index >= 15 is 0 Å². The highest BCUT2D eigenvalue weighted by Gasteiger charge is 2.15. The molecule has 0 saturated carbocycles. The Bertz CT molecular complexity index is 492. The molecule has 0 aromatic heterocycles. The van der Waals surface area contributed by atoms with Gasteiger partial charge in [0.15, 0.2) is 0 Å². The van der Waals surface area contributed by atoms with Crippen LogP contribution in [0.1, 0.15) is 17.0 Å². The van der Waals surface area contributed by atoms with E-state index in [1.165, 1.54) is 6.08 Å². The minimum atomic E-state index is -0.392. The summed E-state index contributed by atoms with van der Waals surface area (Å²) in [4.78, 5) is 11.2. The van der Waals surface area contributed by atoms with Crippen LogP contribution in [0.4, 0.5) is 0 Å². The molecule has 2 heteroatoms. The maximum absolute atomic E-state index is 11.2. The quantitative estimate of drug-likeness (QED) is 0.601. The molecular weight excluding hydrogens is 236 g/mol. The first-order chi connectivity index (χ1) is 9.31. The van der Waals surface area contributed by atoms with E-state index in [9.17, 15) is 4.79 Å². The third-order valence-electron chi connectivity index (χ3n) is 2.96. The second-order valence-electron chi connectivity index (χ2n) is 4.21. The Balaban J connectivity index is 2.24. The molecule has 0 heterocycles. The SMILES string of the molecule is C=CC(=O)OCC(c1ccccc1)c1ccccc1. The van der Waals surface area contributed by atoms with E-state index in [1.807, 2.05) is 60.7 Å². The average molecular weight is 252 g/mol. The maximum atomic E-state index is 11.2. The molecule has 0 saturated heterocycles. The molecule has 2 aromatic rings.